The lowest BCUT2D eigenvalue weighted by molar-refractivity contribution is -0.139. The van der Waals surface area contributed by atoms with E-state index in [1.165, 1.54) is 21.4 Å². The van der Waals surface area contributed by atoms with E-state index in [1.807, 2.05) is 0 Å². The van der Waals surface area contributed by atoms with Crippen LogP contribution in [0.4, 0.5) is 19.4 Å². The maximum Gasteiger partial charge on any atom is 0.333 e. The second-order valence-electron chi connectivity index (χ2n) is 7.25. The first-order chi connectivity index (χ1) is 14.6. The van der Waals surface area contributed by atoms with Crippen LogP contribution in [0.15, 0.2) is 58.4 Å². The minimum absolute atomic E-state index is 0.0352. The summed E-state index contributed by atoms with van der Waals surface area (Å²) < 4.78 is 72.1. The van der Waals surface area contributed by atoms with Gasteiger partial charge in [0.2, 0.25) is 0 Å². The van der Waals surface area contributed by atoms with Gasteiger partial charge >= 0.3 is 16.2 Å². The van der Waals surface area contributed by atoms with Crippen LogP contribution in [0.25, 0.3) is 5.69 Å². The minimum atomic E-state index is -9.77. The third-order valence-electron chi connectivity index (χ3n) is 4.49. The fourth-order valence-electron chi connectivity index (χ4n) is 2.80. The summed E-state index contributed by atoms with van der Waals surface area (Å²) in [6, 6.07) is 3.56. The fourth-order valence-corrected chi connectivity index (χ4v) is 3.79. The molecule has 2 rings (SSSR count). The van der Waals surface area contributed by atoms with Crippen molar-refractivity contribution in [2.45, 2.75) is 44.0 Å². The normalized spacial score (nSPS) is 13.8. The Morgan fingerprint density at radius 3 is 2.19 bits per heavy atom. The van der Waals surface area contributed by atoms with Crippen LogP contribution in [0.3, 0.4) is 0 Å². The molecular weight excluding hydrogens is 475 g/mol. The summed E-state index contributed by atoms with van der Waals surface area (Å²) in [5.41, 5.74) is 0.0573. The molecule has 0 aliphatic rings. The predicted molar refractivity (Wildman–Crippen MR) is 117 cm³/mol. The number of unbranched alkanes of at least 4 members (excludes halogenated alkanes) is 3. The van der Waals surface area contributed by atoms with E-state index in [4.69, 9.17) is 17.0 Å². The third kappa shape index (κ3) is 7.02. The Morgan fingerprint density at radius 1 is 1.03 bits per heavy atom. The Labute approximate surface area is 186 Å². The van der Waals surface area contributed by atoms with E-state index >= 15 is 0 Å². The van der Waals surface area contributed by atoms with Crippen molar-refractivity contribution in [1.82, 2.24) is 9.13 Å². The van der Waals surface area contributed by atoms with Crippen molar-refractivity contribution in [2.75, 3.05) is 6.61 Å². The van der Waals surface area contributed by atoms with Crippen molar-refractivity contribution >= 4 is 28.4 Å². The number of aromatic nitrogens is 2. The summed E-state index contributed by atoms with van der Waals surface area (Å²) in [4.78, 5) is 21.4. The highest BCUT2D eigenvalue weighted by atomic mass is 32.5. The molecule has 32 heavy (non-hydrogen) atoms. The van der Waals surface area contributed by atoms with Crippen LogP contribution in [0.5, 0.6) is 0 Å². The highest BCUT2D eigenvalue weighted by Gasteiger charge is 2.65. The minimum Gasteiger partial charge on any atom is -0.462 e. The largest absolute Gasteiger partial charge is 0.462 e. The molecular formula is C20H23F5N2O3S2. The molecule has 1 aromatic heterocycles. The van der Waals surface area contributed by atoms with Crippen LogP contribution in [-0.2, 0) is 16.1 Å². The number of benzene rings is 1. The number of hydrogen-bond donors (Lipinski definition) is 0. The number of carbonyl (C=O) groups excluding carboxylic acids is 1. The molecule has 178 valence electrons. The SMILES string of the molecule is C=C(C)C(=O)OCCCCCCn1c(=O)ccn(-c2ccc(S(F)(F)(F)(F)F)cc2)c1=S. The molecule has 0 radical (unpaired) electrons. The van der Waals surface area contributed by atoms with Gasteiger partial charge in [-0.25, -0.2) is 4.79 Å². The second kappa shape index (κ2) is 8.81. The number of ether oxygens (including phenoxy) is 1. The summed E-state index contributed by atoms with van der Waals surface area (Å²) in [5.74, 6) is -0.449. The zero-order valence-corrected chi connectivity index (χ0v) is 18.9. The van der Waals surface area contributed by atoms with Crippen molar-refractivity contribution < 1.29 is 29.0 Å². The zero-order valence-electron chi connectivity index (χ0n) is 17.2. The molecule has 0 unspecified atom stereocenters. The molecule has 1 heterocycles. The van der Waals surface area contributed by atoms with Gasteiger partial charge in [0, 0.05) is 30.1 Å². The highest BCUT2D eigenvalue weighted by Crippen LogP contribution is 3.02. The molecule has 0 saturated carbocycles. The standard InChI is InChI=1S/C20H23F5N2O3S2/c1-15(2)19(29)30-14-6-4-3-5-12-27-18(28)11-13-26(20(27)31)16-7-9-17(10-8-16)32(21,22,23,24)25/h7-11,13H,1,3-6,12,14H2,2H3. The topological polar surface area (TPSA) is 53.2 Å². The van der Waals surface area contributed by atoms with Crippen molar-refractivity contribution in [3.05, 3.63) is 63.8 Å². The first kappa shape index (κ1) is 25.8. The van der Waals surface area contributed by atoms with E-state index in [2.05, 4.69) is 6.58 Å². The lowest BCUT2D eigenvalue weighted by Gasteiger charge is -2.40. The van der Waals surface area contributed by atoms with E-state index in [0.717, 1.165) is 25.0 Å². The smallest absolute Gasteiger partial charge is 0.333 e. The van der Waals surface area contributed by atoms with Crippen molar-refractivity contribution in [3.63, 3.8) is 0 Å². The molecule has 0 amide bonds. The van der Waals surface area contributed by atoms with Gasteiger partial charge in [0.25, 0.3) is 5.56 Å². The van der Waals surface area contributed by atoms with Gasteiger partial charge in [0.05, 0.1) is 6.61 Å². The van der Waals surface area contributed by atoms with E-state index in [-0.39, 0.29) is 29.2 Å². The number of carbonyl (C=O) groups is 1. The summed E-state index contributed by atoms with van der Waals surface area (Å²) in [6.45, 7) is 5.57. The number of esters is 1. The summed E-state index contributed by atoms with van der Waals surface area (Å²) in [5, 5.41) is 0. The van der Waals surface area contributed by atoms with Crippen molar-refractivity contribution in [3.8, 4) is 5.69 Å². The number of nitrogens with zero attached hydrogens (tertiary/aromatic N) is 2. The molecule has 5 nitrogen and oxygen atoms in total. The molecule has 0 bridgehead atoms. The van der Waals surface area contributed by atoms with Gasteiger partial charge in [0.1, 0.15) is 4.90 Å². The van der Waals surface area contributed by atoms with Crippen LogP contribution in [0.1, 0.15) is 32.6 Å². The molecule has 0 atom stereocenters. The maximum absolute atomic E-state index is 12.9. The molecule has 2 aromatic rings. The Kier molecular flexibility index (Phi) is 7.10. The van der Waals surface area contributed by atoms with Gasteiger partial charge in [-0.15, -0.1) is 0 Å². The monoisotopic (exact) mass is 498 g/mol. The predicted octanol–water partition coefficient (Wildman–Crippen LogP) is 6.71. The Balaban J connectivity index is 2.04. The summed E-state index contributed by atoms with van der Waals surface area (Å²) >= 11 is 5.28. The number of hydrogen-bond acceptors (Lipinski definition) is 4. The van der Waals surface area contributed by atoms with Crippen LogP contribution in [-0.4, -0.2) is 21.7 Å². The second-order valence-corrected chi connectivity index (χ2v) is 10.0. The molecule has 0 N–H and O–H groups in total. The van der Waals surface area contributed by atoms with Gasteiger partial charge in [-0.3, -0.25) is 13.9 Å². The van der Waals surface area contributed by atoms with Crippen molar-refractivity contribution in [2.24, 2.45) is 0 Å². The molecule has 12 heteroatoms. The van der Waals surface area contributed by atoms with Crippen LogP contribution >= 0.6 is 22.4 Å². The Hall–Kier alpha value is -2.47. The van der Waals surface area contributed by atoms with E-state index in [1.54, 1.807) is 6.92 Å². The third-order valence-corrected chi connectivity index (χ3v) is 6.07. The molecule has 0 spiro atoms. The molecule has 0 fully saturated rings. The average Bonchev–Trinajstić information content (AvgIpc) is 2.67. The number of rotatable bonds is 10. The van der Waals surface area contributed by atoms with Gasteiger partial charge in [0.15, 0.2) is 4.77 Å². The van der Waals surface area contributed by atoms with Gasteiger partial charge in [-0.05, 0) is 62.7 Å². The first-order valence-electron chi connectivity index (χ1n) is 9.60. The zero-order chi connectivity index (χ0) is 24.2. The molecule has 1 aromatic carbocycles. The molecule has 0 aliphatic heterocycles. The van der Waals surface area contributed by atoms with Gasteiger partial charge in [-0.1, -0.05) is 32.4 Å². The highest BCUT2D eigenvalue weighted by molar-refractivity contribution is 8.45. The number of halogens is 5. The molecule has 0 saturated heterocycles. The lowest BCUT2D eigenvalue weighted by Crippen LogP contribution is -2.23. The molecule has 0 aliphatic carbocycles. The summed E-state index contributed by atoms with van der Waals surface area (Å²) in [6.07, 6.45) is 3.98. The first-order valence-corrected chi connectivity index (χ1v) is 12.0. The average molecular weight is 499 g/mol. The Bertz CT molecular complexity index is 1120. The van der Waals surface area contributed by atoms with Crippen LogP contribution in [0.2, 0.25) is 0 Å². The van der Waals surface area contributed by atoms with E-state index in [9.17, 15) is 29.0 Å². The van der Waals surface area contributed by atoms with Crippen LogP contribution in [0, 0.1) is 4.77 Å². The Morgan fingerprint density at radius 2 is 1.62 bits per heavy atom. The fraction of sp³-hybridized carbons (Fsp3) is 0.350. The van der Waals surface area contributed by atoms with Gasteiger partial charge in [-0.2, -0.15) is 0 Å². The van der Waals surface area contributed by atoms with E-state index < -0.39 is 21.1 Å². The van der Waals surface area contributed by atoms with Crippen LogP contribution < -0.4 is 5.56 Å². The van der Waals surface area contributed by atoms with Crippen molar-refractivity contribution in [1.29, 1.82) is 0 Å². The quantitative estimate of drug-likeness (QED) is 0.120. The van der Waals surface area contributed by atoms with E-state index in [0.29, 0.717) is 30.5 Å². The summed E-state index contributed by atoms with van der Waals surface area (Å²) in [7, 11) is -9.77. The lowest BCUT2D eigenvalue weighted by atomic mass is 10.2. The van der Waals surface area contributed by atoms with Gasteiger partial charge < -0.3 is 4.74 Å². The maximum atomic E-state index is 12.9.